The predicted molar refractivity (Wildman–Crippen MR) is 102 cm³/mol. The molecule has 0 aliphatic carbocycles. The zero-order chi connectivity index (χ0) is 18.0. The van der Waals surface area contributed by atoms with Gasteiger partial charge in [-0.3, -0.25) is 0 Å². The first kappa shape index (κ1) is 17.0. The molecule has 3 aromatic rings. The van der Waals surface area contributed by atoms with E-state index < -0.39 is 0 Å². The number of halogens is 1. The van der Waals surface area contributed by atoms with Gasteiger partial charge in [0.25, 0.3) is 0 Å². The zero-order valence-corrected chi connectivity index (χ0v) is 15.1. The number of hydrogen-bond acceptors (Lipinski definition) is 5. The highest BCUT2D eigenvalue weighted by Gasteiger charge is 2.12. The van der Waals surface area contributed by atoms with Gasteiger partial charge in [-0.2, -0.15) is 4.98 Å². The Hall–Kier alpha value is -2.79. The summed E-state index contributed by atoms with van der Waals surface area (Å²) in [7, 11) is 0. The van der Waals surface area contributed by atoms with Gasteiger partial charge >= 0.3 is 0 Å². The zero-order valence-electron chi connectivity index (χ0n) is 14.3. The van der Waals surface area contributed by atoms with E-state index in [9.17, 15) is 0 Å². The first-order valence-electron chi connectivity index (χ1n) is 7.83. The summed E-state index contributed by atoms with van der Waals surface area (Å²) in [5.41, 5.74) is 10.7. The minimum Gasteiger partial charge on any atom is -0.437 e. The second-order valence-corrected chi connectivity index (χ2v) is 6.23. The molecule has 0 fully saturated rings. The Kier molecular flexibility index (Phi) is 4.76. The number of hydrogen-bond donors (Lipinski definition) is 2. The average Bonchev–Trinajstić information content (AvgIpc) is 2.59. The van der Waals surface area contributed by atoms with Gasteiger partial charge in [-0.25, -0.2) is 4.98 Å². The first-order valence-corrected chi connectivity index (χ1v) is 8.21. The fourth-order valence-electron chi connectivity index (χ4n) is 2.37. The van der Waals surface area contributed by atoms with Gasteiger partial charge in [0.05, 0.1) is 0 Å². The Morgan fingerprint density at radius 2 is 1.84 bits per heavy atom. The first-order chi connectivity index (χ1) is 12.0. The van der Waals surface area contributed by atoms with Crippen LogP contribution < -0.4 is 15.8 Å². The van der Waals surface area contributed by atoms with Crippen LogP contribution in [0, 0.1) is 20.8 Å². The van der Waals surface area contributed by atoms with Gasteiger partial charge in [-0.05, 0) is 61.7 Å². The summed E-state index contributed by atoms with van der Waals surface area (Å²) in [6.07, 6.45) is 1.42. The van der Waals surface area contributed by atoms with Gasteiger partial charge in [0, 0.05) is 10.7 Å². The van der Waals surface area contributed by atoms with E-state index in [1.54, 1.807) is 12.1 Å². The molecule has 0 spiro atoms. The number of rotatable bonds is 4. The second-order valence-electron chi connectivity index (χ2n) is 5.83. The van der Waals surface area contributed by atoms with Crippen LogP contribution in [0.3, 0.4) is 0 Å². The smallest absolute Gasteiger partial charge is 0.248 e. The molecular weight excluding hydrogens is 336 g/mol. The molecule has 0 saturated heterocycles. The largest absolute Gasteiger partial charge is 0.437 e. The molecule has 0 radical (unpaired) electrons. The number of benzene rings is 2. The lowest BCUT2D eigenvalue weighted by Gasteiger charge is -2.14. The number of aromatic nitrogens is 2. The van der Waals surface area contributed by atoms with Crippen LogP contribution in [-0.4, -0.2) is 9.97 Å². The summed E-state index contributed by atoms with van der Waals surface area (Å²) in [4.78, 5) is 8.37. The second kappa shape index (κ2) is 6.99. The Balaban J connectivity index is 1.89. The third-order valence-electron chi connectivity index (χ3n) is 4.05. The Labute approximate surface area is 151 Å². The van der Waals surface area contributed by atoms with Gasteiger partial charge in [0.15, 0.2) is 5.82 Å². The minimum absolute atomic E-state index is 0.296. The van der Waals surface area contributed by atoms with E-state index in [2.05, 4.69) is 28.3 Å². The third-order valence-corrected chi connectivity index (χ3v) is 4.47. The SMILES string of the molecule is Cc1cc(Oc2ncnc(Nc3cccc(C)c3C)c2N)ccc1Cl. The van der Waals surface area contributed by atoms with E-state index in [4.69, 9.17) is 22.1 Å². The molecule has 0 unspecified atom stereocenters. The number of nitrogen functional groups attached to an aromatic ring is 1. The summed E-state index contributed by atoms with van der Waals surface area (Å²) in [6.45, 7) is 6.01. The maximum absolute atomic E-state index is 6.20. The maximum Gasteiger partial charge on any atom is 0.248 e. The lowest BCUT2D eigenvalue weighted by Crippen LogP contribution is -2.04. The fourth-order valence-corrected chi connectivity index (χ4v) is 2.48. The molecule has 0 bridgehead atoms. The molecule has 2 aromatic carbocycles. The van der Waals surface area contributed by atoms with E-state index in [-0.39, 0.29) is 0 Å². The van der Waals surface area contributed by atoms with Crippen molar-refractivity contribution in [3.05, 3.63) is 64.4 Å². The number of nitrogens with zero attached hydrogens (tertiary/aromatic N) is 2. The summed E-state index contributed by atoms with van der Waals surface area (Å²) in [5.74, 6) is 1.42. The molecule has 0 amide bonds. The Morgan fingerprint density at radius 3 is 2.60 bits per heavy atom. The number of nitrogens with one attached hydrogen (secondary N) is 1. The summed E-state index contributed by atoms with van der Waals surface area (Å²) in [6, 6.07) is 11.4. The molecular formula is C19H19ClN4O. The standard InChI is InChI=1S/C19H19ClN4O/c1-11-5-4-6-16(13(11)3)24-18-17(21)19(23-10-22-18)25-14-7-8-15(20)12(2)9-14/h4-10H,21H2,1-3H3,(H,22,23,24). The minimum atomic E-state index is 0.296. The van der Waals surface area contributed by atoms with Crippen molar-refractivity contribution in [2.24, 2.45) is 0 Å². The van der Waals surface area contributed by atoms with Crippen LogP contribution in [-0.2, 0) is 0 Å². The van der Waals surface area contributed by atoms with Crippen LogP contribution in [0.25, 0.3) is 0 Å². The molecule has 25 heavy (non-hydrogen) atoms. The Morgan fingerprint density at radius 1 is 1.04 bits per heavy atom. The maximum atomic E-state index is 6.20. The van der Waals surface area contributed by atoms with Crippen LogP contribution in [0.1, 0.15) is 16.7 Å². The molecule has 1 aromatic heterocycles. The average molecular weight is 355 g/mol. The lowest BCUT2D eigenvalue weighted by molar-refractivity contribution is 0.464. The molecule has 0 aliphatic heterocycles. The van der Waals surface area contributed by atoms with Crippen molar-refractivity contribution < 1.29 is 4.74 Å². The molecule has 0 atom stereocenters. The number of nitrogens with two attached hydrogens (primary N) is 1. The van der Waals surface area contributed by atoms with E-state index in [0.717, 1.165) is 16.8 Å². The summed E-state index contributed by atoms with van der Waals surface area (Å²) in [5, 5.41) is 3.93. The Bertz CT molecular complexity index is 927. The van der Waals surface area contributed by atoms with Crippen LogP contribution in [0.4, 0.5) is 17.2 Å². The molecule has 3 N–H and O–H groups in total. The predicted octanol–water partition coefficient (Wildman–Crippen LogP) is 5.17. The van der Waals surface area contributed by atoms with Gasteiger partial charge in [-0.1, -0.05) is 23.7 Å². The topological polar surface area (TPSA) is 73.1 Å². The van der Waals surface area contributed by atoms with Crippen molar-refractivity contribution in [2.45, 2.75) is 20.8 Å². The summed E-state index contributed by atoms with van der Waals surface area (Å²) < 4.78 is 5.80. The lowest BCUT2D eigenvalue weighted by atomic mass is 10.1. The number of anilines is 3. The van der Waals surface area contributed by atoms with Crippen molar-refractivity contribution in [3.63, 3.8) is 0 Å². The highest BCUT2D eigenvalue weighted by Crippen LogP contribution is 2.33. The molecule has 6 heteroatoms. The van der Waals surface area contributed by atoms with Crippen LogP contribution in [0.5, 0.6) is 11.6 Å². The van der Waals surface area contributed by atoms with E-state index >= 15 is 0 Å². The quantitative estimate of drug-likeness (QED) is 0.675. The molecule has 5 nitrogen and oxygen atoms in total. The summed E-state index contributed by atoms with van der Waals surface area (Å²) >= 11 is 6.04. The number of aryl methyl sites for hydroxylation is 2. The molecule has 0 aliphatic rings. The van der Waals surface area contributed by atoms with Crippen molar-refractivity contribution in [1.82, 2.24) is 9.97 Å². The molecule has 0 saturated carbocycles. The van der Waals surface area contributed by atoms with E-state index in [1.165, 1.54) is 11.9 Å². The van der Waals surface area contributed by atoms with E-state index in [1.807, 2.05) is 32.0 Å². The fraction of sp³-hybridized carbons (Fsp3) is 0.158. The van der Waals surface area contributed by atoms with Crippen LogP contribution >= 0.6 is 11.6 Å². The van der Waals surface area contributed by atoms with Gasteiger partial charge in [-0.15, -0.1) is 0 Å². The van der Waals surface area contributed by atoms with Crippen molar-refractivity contribution in [2.75, 3.05) is 11.1 Å². The van der Waals surface area contributed by atoms with Gasteiger partial charge in [0.1, 0.15) is 17.8 Å². The molecule has 1 heterocycles. The number of ether oxygens (including phenoxy) is 1. The molecule has 128 valence electrons. The van der Waals surface area contributed by atoms with Crippen LogP contribution in [0.2, 0.25) is 5.02 Å². The van der Waals surface area contributed by atoms with Crippen molar-refractivity contribution in [1.29, 1.82) is 0 Å². The normalized spacial score (nSPS) is 10.6. The van der Waals surface area contributed by atoms with Crippen LogP contribution in [0.15, 0.2) is 42.7 Å². The van der Waals surface area contributed by atoms with Gasteiger partial charge in [0.2, 0.25) is 5.88 Å². The monoisotopic (exact) mass is 354 g/mol. The van der Waals surface area contributed by atoms with E-state index in [0.29, 0.717) is 28.2 Å². The highest BCUT2D eigenvalue weighted by molar-refractivity contribution is 6.31. The van der Waals surface area contributed by atoms with Gasteiger partial charge < -0.3 is 15.8 Å². The molecule has 3 rings (SSSR count). The third kappa shape index (κ3) is 3.67. The van der Waals surface area contributed by atoms with Crippen molar-refractivity contribution in [3.8, 4) is 11.6 Å². The van der Waals surface area contributed by atoms with Crippen molar-refractivity contribution >= 4 is 28.8 Å². The highest BCUT2D eigenvalue weighted by atomic mass is 35.5.